The quantitative estimate of drug-likeness (QED) is 0.768. The Morgan fingerprint density at radius 2 is 2.13 bits per heavy atom. The molecule has 1 saturated carbocycles. The van der Waals surface area contributed by atoms with E-state index in [1.54, 1.807) is 0 Å². The zero-order valence-corrected chi connectivity index (χ0v) is 8.73. The van der Waals surface area contributed by atoms with Crippen LogP contribution in [0.5, 0.6) is 5.75 Å². The highest BCUT2D eigenvalue weighted by Gasteiger charge is 2.22. The first kappa shape index (κ1) is 10.5. The zero-order chi connectivity index (χ0) is 10.7. The van der Waals surface area contributed by atoms with Crippen molar-refractivity contribution in [2.24, 2.45) is 11.7 Å². The van der Waals surface area contributed by atoms with Crippen LogP contribution in [0.4, 0.5) is 0 Å². The van der Waals surface area contributed by atoms with Crippen LogP contribution < -0.4 is 10.5 Å². The summed E-state index contributed by atoms with van der Waals surface area (Å²) in [5.74, 6) is 1.48. The summed E-state index contributed by atoms with van der Waals surface area (Å²) < 4.78 is 5.67. The number of hydrogen-bond acceptors (Lipinski definition) is 3. The van der Waals surface area contributed by atoms with E-state index in [1.807, 2.05) is 24.3 Å². The van der Waals surface area contributed by atoms with Crippen molar-refractivity contribution >= 4 is 0 Å². The molecule has 1 fully saturated rings. The molecule has 0 saturated heterocycles. The third-order valence-corrected chi connectivity index (χ3v) is 2.67. The van der Waals surface area contributed by atoms with Gasteiger partial charge >= 0.3 is 0 Å². The average Bonchev–Trinajstić information content (AvgIpc) is 3.09. The van der Waals surface area contributed by atoms with E-state index in [9.17, 15) is 5.11 Å². The van der Waals surface area contributed by atoms with Crippen LogP contribution in [-0.2, 0) is 0 Å². The van der Waals surface area contributed by atoms with Crippen LogP contribution in [0.1, 0.15) is 24.5 Å². The van der Waals surface area contributed by atoms with Gasteiger partial charge in [0.1, 0.15) is 5.75 Å². The molecule has 15 heavy (non-hydrogen) atoms. The standard InChI is InChI=1S/C12H17NO2/c13-7-11(14)10-3-1-2-4-12(10)15-8-9-5-6-9/h1-4,9,11,14H,5-8,13H2. The Labute approximate surface area is 89.9 Å². The maximum absolute atomic E-state index is 9.69. The van der Waals surface area contributed by atoms with Gasteiger partial charge in [0, 0.05) is 12.1 Å². The van der Waals surface area contributed by atoms with E-state index >= 15 is 0 Å². The van der Waals surface area contributed by atoms with Crippen LogP contribution in [-0.4, -0.2) is 18.3 Å². The highest BCUT2D eigenvalue weighted by molar-refractivity contribution is 5.35. The van der Waals surface area contributed by atoms with Crippen molar-refractivity contribution in [2.45, 2.75) is 18.9 Å². The van der Waals surface area contributed by atoms with Crippen LogP contribution in [0.3, 0.4) is 0 Å². The molecule has 3 N–H and O–H groups in total. The molecular formula is C12H17NO2. The normalized spacial score (nSPS) is 17.5. The number of hydrogen-bond donors (Lipinski definition) is 2. The highest BCUT2D eigenvalue weighted by atomic mass is 16.5. The fourth-order valence-electron chi connectivity index (χ4n) is 1.51. The molecule has 0 aliphatic heterocycles. The topological polar surface area (TPSA) is 55.5 Å². The maximum Gasteiger partial charge on any atom is 0.125 e. The van der Waals surface area contributed by atoms with Gasteiger partial charge in [-0.2, -0.15) is 0 Å². The molecule has 1 atom stereocenters. The van der Waals surface area contributed by atoms with Crippen LogP contribution in [0.2, 0.25) is 0 Å². The lowest BCUT2D eigenvalue weighted by atomic mass is 10.1. The molecule has 0 amide bonds. The molecule has 0 bridgehead atoms. The van der Waals surface area contributed by atoms with E-state index in [0.29, 0.717) is 5.92 Å². The second kappa shape index (κ2) is 4.64. The average molecular weight is 207 g/mol. The summed E-state index contributed by atoms with van der Waals surface area (Å²) >= 11 is 0. The van der Waals surface area contributed by atoms with E-state index in [-0.39, 0.29) is 6.54 Å². The fourth-order valence-corrected chi connectivity index (χ4v) is 1.51. The molecule has 82 valence electrons. The van der Waals surface area contributed by atoms with E-state index in [0.717, 1.165) is 17.9 Å². The smallest absolute Gasteiger partial charge is 0.125 e. The Balaban J connectivity index is 2.05. The number of ether oxygens (including phenoxy) is 1. The lowest BCUT2D eigenvalue weighted by Gasteiger charge is -2.14. The molecule has 1 aliphatic rings. The summed E-state index contributed by atoms with van der Waals surface area (Å²) in [6.45, 7) is 0.984. The van der Waals surface area contributed by atoms with E-state index < -0.39 is 6.10 Å². The minimum Gasteiger partial charge on any atom is -0.493 e. The summed E-state index contributed by atoms with van der Waals surface area (Å²) in [6, 6.07) is 7.55. The highest BCUT2D eigenvalue weighted by Crippen LogP contribution is 2.31. The van der Waals surface area contributed by atoms with Crippen LogP contribution >= 0.6 is 0 Å². The van der Waals surface area contributed by atoms with Gasteiger partial charge in [0.2, 0.25) is 0 Å². The molecule has 2 rings (SSSR count). The van der Waals surface area contributed by atoms with Gasteiger partial charge in [-0.15, -0.1) is 0 Å². The molecule has 1 aromatic rings. The Bertz CT molecular complexity index is 323. The van der Waals surface area contributed by atoms with Crippen molar-refractivity contribution in [2.75, 3.05) is 13.2 Å². The minimum absolute atomic E-state index is 0.226. The second-order valence-corrected chi connectivity index (χ2v) is 4.04. The third kappa shape index (κ3) is 2.70. The van der Waals surface area contributed by atoms with Gasteiger partial charge in [-0.1, -0.05) is 18.2 Å². The molecular weight excluding hydrogens is 190 g/mol. The van der Waals surface area contributed by atoms with Crippen molar-refractivity contribution in [3.63, 3.8) is 0 Å². The van der Waals surface area contributed by atoms with Gasteiger partial charge < -0.3 is 15.6 Å². The van der Waals surface area contributed by atoms with Gasteiger partial charge in [0.05, 0.1) is 12.7 Å². The largest absolute Gasteiger partial charge is 0.493 e. The second-order valence-electron chi connectivity index (χ2n) is 4.04. The number of para-hydroxylation sites is 1. The third-order valence-electron chi connectivity index (χ3n) is 2.67. The predicted molar refractivity (Wildman–Crippen MR) is 58.7 cm³/mol. The van der Waals surface area contributed by atoms with Gasteiger partial charge in [-0.25, -0.2) is 0 Å². The first-order chi connectivity index (χ1) is 7.31. The molecule has 0 spiro atoms. The fraction of sp³-hybridized carbons (Fsp3) is 0.500. The van der Waals surface area contributed by atoms with Gasteiger partial charge in [0.15, 0.2) is 0 Å². The Morgan fingerprint density at radius 3 is 2.80 bits per heavy atom. The molecule has 0 aromatic heterocycles. The maximum atomic E-state index is 9.69. The summed E-state index contributed by atoms with van der Waals surface area (Å²) in [4.78, 5) is 0. The lowest BCUT2D eigenvalue weighted by molar-refractivity contribution is 0.178. The predicted octanol–water partition coefficient (Wildman–Crippen LogP) is 1.47. The van der Waals surface area contributed by atoms with Crippen LogP contribution in [0, 0.1) is 5.92 Å². The van der Waals surface area contributed by atoms with Crippen molar-refractivity contribution < 1.29 is 9.84 Å². The molecule has 3 heteroatoms. The number of rotatable bonds is 5. The van der Waals surface area contributed by atoms with E-state index in [2.05, 4.69) is 0 Å². The summed E-state index contributed by atoms with van der Waals surface area (Å²) in [5.41, 5.74) is 6.23. The monoisotopic (exact) mass is 207 g/mol. The van der Waals surface area contributed by atoms with E-state index in [4.69, 9.17) is 10.5 Å². The number of aliphatic hydroxyl groups is 1. The molecule has 1 unspecified atom stereocenters. The Morgan fingerprint density at radius 1 is 1.40 bits per heavy atom. The number of nitrogens with two attached hydrogens (primary N) is 1. The summed E-state index contributed by atoms with van der Waals surface area (Å²) in [7, 11) is 0. The van der Waals surface area contributed by atoms with Crippen LogP contribution in [0.15, 0.2) is 24.3 Å². The summed E-state index contributed by atoms with van der Waals surface area (Å²) in [6.07, 6.45) is 1.91. The van der Waals surface area contributed by atoms with Gasteiger partial charge in [-0.3, -0.25) is 0 Å². The molecule has 0 radical (unpaired) electrons. The van der Waals surface area contributed by atoms with Gasteiger partial charge in [0.25, 0.3) is 0 Å². The molecule has 1 aromatic carbocycles. The van der Waals surface area contributed by atoms with Crippen molar-refractivity contribution in [3.05, 3.63) is 29.8 Å². The molecule has 0 heterocycles. The van der Waals surface area contributed by atoms with Crippen molar-refractivity contribution in [3.8, 4) is 5.75 Å². The van der Waals surface area contributed by atoms with Gasteiger partial charge in [-0.05, 0) is 24.8 Å². The van der Waals surface area contributed by atoms with Crippen molar-refractivity contribution in [1.29, 1.82) is 0 Å². The summed E-state index contributed by atoms with van der Waals surface area (Å²) in [5, 5.41) is 9.69. The van der Waals surface area contributed by atoms with E-state index in [1.165, 1.54) is 12.8 Å². The Kier molecular flexibility index (Phi) is 3.23. The zero-order valence-electron chi connectivity index (χ0n) is 8.73. The van der Waals surface area contributed by atoms with Crippen LogP contribution in [0.25, 0.3) is 0 Å². The first-order valence-corrected chi connectivity index (χ1v) is 5.41. The first-order valence-electron chi connectivity index (χ1n) is 5.41. The number of aliphatic hydroxyl groups excluding tert-OH is 1. The van der Waals surface area contributed by atoms with Crippen molar-refractivity contribution in [1.82, 2.24) is 0 Å². The Hall–Kier alpha value is -1.06. The molecule has 1 aliphatic carbocycles. The SMILES string of the molecule is NCC(O)c1ccccc1OCC1CC1. The molecule has 3 nitrogen and oxygen atoms in total. The minimum atomic E-state index is -0.625. The lowest BCUT2D eigenvalue weighted by Crippen LogP contribution is -2.13. The number of benzene rings is 1.